The lowest BCUT2D eigenvalue weighted by molar-refractivity contribution is 0.580. The summed E-state index contributed by atoms with van der Waals surface area (Å²) in [4.78, 5) is 0.394. The first-order valence-electron chi connectivity index (χ1n) is 7.25. The highest BCUT2D eigenvalue weighted by Gasteiger charge is 2.37. The van der Waals surface area contributed by atoms with E-state index in [-0.39, 0.29) is 0 Å². The minimum absolute atomic E-state index is 0.394. The third-order valence-electron chi connectivity index (χ3n) is 3.79. The van der Waals surface area contributed by atoms with Crippen molar-refractivity contribution in [3.8, 4) is 0 Å². The van der Waals surface area contributed by atoms with Gasteiger partial charge in [0, 0.05) is 6.20 Å². The van der Waals surface area contributed by atoms with E-state index in [4.69, 9.17) is 0 Å². The quantitative estimate of drug-likeness (QED) is 0.722. The summed E-state index contributed by atoms with van der Waals surface area (Å²) < 4.78 is 29.2. The Labute approximate surface area is 123 Å². The van der Waals surface area contributed by atoms with Crippen LogP contribution in [0.25, 0.3) is 0 Å². The normalized spacial score (nSPS) is 24.6. The molecule has 1 aromatic rings. The van der Waals surface area contributed by atoms with Gasteiger partial charge in [0.25, 0.3) is 10.0 Å². The van der Waals surface area contributed by atoms with Crippen LogP contribution in [0, 0.1) is 0 Å². The summed E-state index contributed by atoms with van der Waals surface area (Å²) in [7, 11) is -2.44. The minimum Gasteiger partial charge on any atom is -0.268 e. The van der Waals surface area contributed by atoms with E-state index in [1.165, 1.54) is 31.9 Å². The van der Waals surface area contributed by atoms with E-state index in [0.29, 0.717) is 39.7 Å². The largest absolute Gasteiger partial charge is 0.268 e. The van der Waals surface area contributed by atoms with Gasteiger partial charge in [0.1, 0.15) is 4.90 Å². The van der Waals surface area contributed by atoms with E-state index >= 15 is 0 Å². The number of hydrogen-bond donors (Lipinski definition) is 0. The lowest BCUT2D eigenvalue weighted by atomic mass is 10.7. The van der Waals surface area contributed by atoms with Crippen LogP contribution in [0.1, 0.15) is 44.6 Å². The molecule has 2 atom stereocenters. The zero-order valence-electron chi connectivity index (χ0n) is 11.2. The molecule has 3 saturated carbocycles. The Morgan fingerprint density at radius 2 is 1.70 bits per heavy atom. The summed E-state index contributed by atoms with van der Waals surface area (Å²) in [5.41, 5.74) is 1.24. The fraction of sp³-hybridized carbons (Fsp3) is 0.750. The third kappa shape index (κ3) is 2.94. The topological polar surface area (TPSA) is 55.2 Å². The number of sulfonamides is 1. The lowest BCUT2D eigenvalue weighted by Gasteiger charge is -2.20. The predicted molar refractivity (Wildman–Crippen MR) is 82.2 cm³/mol. The maximum absolute atomic E-state index is 12.8. The Morgan fingerprint density at radius 1 is 1.10 bits per heavy atom. The van der Waals surface area contributed by atoms with Crippen LogP contribution in [0.5, 0.6) is 0 Å². The van der Waals surface area contributed by atoms with Crippen molar-refractivity contribution in [1.82, 2.24) is 13.6 Å². The van der Waals surface area contributed by atoms with Crippen LogP contribution in [0.2, 0.25) is 0 Å². The summed E-state index contributed by atoms with van der Waals surface area (Å²) >= 11 is 0. The van der Waals surface area contributed by atoms with Gasteiger partial charge in [0.15, 0.2) is 0 Å². The highest BCUT2D eigenvalue weighted by atomic mass is 32.2. The molecule has 3 aliphatic carbocycles. The van der Waals surface area contributed by atoms with E-state index in [9.17, 15) is 8.42 Å². The van der Waals surface area contributed by atoms with Crippen molar-refractivity contribution in [2.75, 3.05) is 0 Å². The van der Waals surface area contributed by atoms with Crippen molar-refractivity contribution >= 4 is 27.5 Å². The molecule has 0 amide bonds. The van der Waals surface area contributed by atoms with E-state index in [2.05, 4.69) is 5.10 Å². The third-order valence-corrected chi connectivity index (χ3v) is 10.3. The molecule has 5 nitrogen and oxygen atoms in total. The lowest BCUT2D eigenvalue weighted by Crippen LogP contribution is -2.16. The molecule has 0 aromatic carbocycles. The van der Waals surface area contributed by atoms with Crippen molar-refractivity contribution in [3.05, 3.63) is 12.4 Å². The van der Waals surface area contributed by atoms with Crippen LogP contribution in [-0.4, -0.2) is 33.4 Å². The van der Waals surface area contributed by atoms with Gasteiger partial charge >= 0.3 is 0 Å². The van der Waals surface area contributed by atoms with E-state index in [1.54, 1.807) is 10.0 Å². The highest BCUT2D eigenvalue weighted by molar-refractivity contribution is 7.97. The van der Waals surface area contributed by atoms with Gasteiger partial charge in [-0.1, -0.05) is 0 Å². The molecular formula is C12H19N3O2P2S. The van der Waals surface area contributed by atoms with Crippen LogP contribution in [0.4, 0.5) is 0 Å². The standard InChI is InChI=1S/C12H19N3O2P2S/c16-20(17,12-7-13-14(8-12)9-1-2-9)15(18-10-3-4-10)19-11-5-6-11/h7-11,18-19H,1-6H2. The Hall–Kier alpha value is -0.0200. The van der Waals surface area contributed by atoms with E-state index < -0.39 is 10.0 Å². The van der Waals surface area contributed by atoms with Crippen molar-refractivity contribution < 1.29 is 8.42 Å². The molecule has 1 aromatic heterocycles. The Morgan fingerprint density at radius 3 is 2.20 bits per heavy atom. The molecule has 0 radical (unpaired) electrons. The SMILES string of the molecule is O=S(=O)(c1cnn(C2CC2)c1)N(PC1CC1)PC1CC1. The monoisotopic (exact) mass is 331 g/mol. The molecule has 0 spiro atoms. The molecule has 8 heteroatoms. The first kappa shape index (κ1) is 13.6. The number of hydrogen-bond acceptors (Lipinski definition) is 3. The minimum atomic E-state index is -3.32. The van der Waals surface area contributed by atoms with Crippen LogP contribution in [-0.2, 0) is 10.0 Å². The Kier molecular flexibility index (Phi) is 3.42. The summed E-state index contributed by atoms with van der Waals surface area (Å²) in [5.74, 6) is 0. The van der Waals surface area contributed by atoms with Gasteiger partial charge in [-0.05, 0) is 67.3 Å². The smallest absolute Gasteiger partial charge is 0.252 e. The molecule has 1 heterocycles. The fourth-order valence-corrected chi connectivity index (χ4v) is 8.21. The molecule has 20 heavy (non-hydrogen) atoms. The summed E-state index contributed by atoms with van der Waals surface area (Å²) in [5, 5.41) is 4.23. The second-order valence-corrected chi connectivity index (χ2v) is 11.9. The molecule has 0 saturated heterocycles. The second-order valence-electron chi connectivity index (χ2n) is 5.96. The predicted octanol–water partition coefficient (Wildman–Crippen LogP) is 2.72. The summed E-state index contributed by atoms with van der Waals surface area (Å²) in [6, 6.07) is 0.434. The van der Waals surface area contributed by atoms with Crippen molar-refractivity contribution in [2.24, 2.45) is 0 Å². The van der Waals surface area contributed by atoms with Crippen LogP contribution >= 0.6 is 17.5 Å². The zero-order chi connectivity index (χ0) is 13.7. The van der Waals surface area contributed by atoms with Gasteiger partial charge in [-0.2, -0.15) is 8.94 Å². The molecule has 0 N–H and O–H groups in total. The molecule has 0 aliphatic heterocycles. The van der Waals surface area contributed by atoms with Crippen molar-refractivity contribution in [3.63, 3.8) is 0 Å². The van der Waals surface area contributed by atoms with E-state index in [0.717, 1.165) is 12.8 Å². The highest BCUT2D eigenvalue weighted by Crippen LogP contribution is 2.54. The Bertz CT molecular complexity index is 592. The van der Waals surface area contributed by atoms with Gasteiger partial charge < -0.3 is 0 Å². The molecule has 3 aliphatic rings. The number of rotatable bonds is 7. The van der Waals surface area contributed by atoms with Gasteiger partial charge in [-0.15, -0.1) is 0 Å². The van der Waals surface area contributed by atoms with Crippen molar-refractivity contribution in [2.45, 2.75) is 60.8 Å². The number of nitrogens with zero attached hydrogens (tertiary/aromatic N) is 3. The first-order valence-corrected chi connectivity index (χ1v) is 10.7. The average molecular weight is 331 g/mol. The first-order chi connectivity index (χ1) is 9.63. The molecule has 3 fully saturated rings. The van der Waals surface area contributed by atoms with Gasteiger partial charge in [-0.25, -0.2) is 8.42 Å². The molecule has 0 bridgehead atoms. The van der Waals surface area contributed by atoms with Crippen LogP contribution in [0.15, 0.2) is 17.3 Å². The van der Waals surface area contributed by atoms with Gasteiger partial charge in [0.2, 0.25) is 0 Å². The maximum atomic E-state index is 12.8. The molecule has 110 valence electrons. The summed E-state index contributed by atoms with van der Waals surface area (Å²) in [6.45, 7) is 0. The van der Waals surface area contributed by atoms with Crippen molar-refractivity contribution in [1.29, 1.82) is 0 Å². The van der Waals surface area contributed by atoms with E-state index in [1.807, 2.05) is 4.68 Å². The number of aromatic nitrogens is 2. The fourth-order valence-electron chi connectivity index (χ4n) is 2.03. The molecule has 4 rings (SSSR count). The van der Waals surface area contributed by atoms with Crippen LogP contribution < -0.4 is 0 Å². The summed E-state index contributed by atoms with van der Waals surface area (Å²) in [6.07, 6.45) is 10.3. The second kappa shape index (κ2) is 5.01. The van der Waals surface area contributed by atoms with Gasteiger partial charge in [-0.3, -0.25) is 4.68 Å². The zero-order valence-corrected chi connectivity index (χ0v) is 14.0. The molecule has 2 unspecified atom stereocenters. The van der Waals surface area contributed by atoms with Crippen LogP contribution in [0.3, 0.4) is 0 Å². The Balaban J connectivity index is 1.56. The molecular weight excluding hydrogens is 312 g/mol. The average Bonchev–Trinajstić information content (AvgIpc) is 3.25. The maximum Gasteiger partial charge on any atom is 0.252 e. The van der Waals surface area contributed by atoms with Gasteiger partial charge in [0.05, 0.1) is 12.2 Å².